The minimum Gasteiger partial charge on any atom is -0.376 e. The average Bonchev–Trinajstić information content (AvgIpc) is 3.14. The molecule has 1 saturated carbocycles. The molecule has 1 amide bonds. The maximum atomic E-state index is 12.1. The van der Waals surface area contributed by atoms with Gasteiger partial charge >= 0.3 is 0 Å². The van der Waals surface area contributed by atoms with E-state index in [4.69, 9.17) is 4.74 Å². The van der Waals surface area contributed by atoms with Crippen LogP contribution in [0, 0.1) is 5.92 Å². The summed E-state index contributed by atoms with van der Waals surface area (Å²) in [6, 6.07) is 0. The van der Waals surface area contributed by atoms with Crippen LogP contribution in [-0.2, 0) is 4.74 Å². The third-order valence-corrected chi connectivity index (χ3v) is 3.48. The molecule has 1 atom stereocenters. The summed E-state index contributed by atoms with van der Waals surface area (Å²) in [4.78, 5) is 21.9. The van der Waals surface area contributed by atoms with Crippen LogP contribution in [0.25, 0.3) is 0 Å². The second-order valence-electron chi connectivity index (χ2n) is 5.03. The number of likely N-dealkylation sites (tertiary alicyclic amines) is 1. The van der Waals surface area contributed by atoms with Crippen molar-refractivity contribution in [3.63, 3.8) is 0 Å². The van der Waals surface area contributed by atoms with Crippen molar-refractivity contribution in [1.29, 1.82) is 0 Å². The first-order valence-electron chi connectivity index (χ1n) is 6.50. The molecule has 1 aliphatic carbocycles. The van der Waals surface area contributed by atoms with E-state index in [9.17, 15) is 4.79 Å². The van der Waals surface area contributed by atoms with Crippen molar-refractivity contribution in [2.45, 2.75) is 25.4 Å². The maximum Gasteiger partial charge on any atom is 0.274 e. The fourth-order valence-corrected chi connectivity index (χ4v) is 2.18. The molecule has 2 aliphatic rings. The van der Waals surface area contributed by atoms with Crippen LogP contribution in [0.15, 0.2) is 18.6 Å². The SMILES string of the molecule is O=C(c1cnccn1)N1CC[C@H](OCC2CC2)C1. The first-order valence-corrected chi connectivity index (χ1v) is 6.50. The highest BCUT2D eigenvalue weighted by atomic mass is 16.5. The van der Waals surface area contributed by atoms with Gasteiger partial charge in [-0.2, -0.15) is 0 Å². The summed E-state index contributed by atoms with van der Waals surface area (Å²) in [6.45, 7) is 2.30. The van der Waals surface area contributed by atoms with Gasteiger partial charge in [-0.05, 0) is 25.2 Å². The summed E-state index contributed by atoms with van der Waals surface area (Å²) >= 11 is 0. The topological polar surface area (TPSA) is 55.3 Å². The Kier molecular flexibility index (Phi) is 3.23. The Morgan fingerprint density at radius 3 is 3.00 bits per heavy atom. The number of aromatic nitrogens is 2. The highest BCUT2D eigenvalue weighted by Gasteiger charge is 2.30. The molecule has 0 bridgehead atoms. The molecule has 18 heavy (non-hydrogen) atoms. The Balaban J connectivity index is 1.53. The summed E-state index contributed by atoms with van der Waals surface area (Å²) < 4.78 is 5.81. The molecule has 0 spiro atoms. The highest BCUT2D eigenvalue weighted by molar-refractivity contribution is 5.92. The van der Waals surface area contributed by atoms with Gasteiger partial charge in [0, 0.05) is 32.1 Å². The summed E-state index contributed by atoms with van der Waals surface area (Å²) in [5, 5.41) is 0. The average molecular weight is 247 g/mol. The van der Waals surface area contributed by atoms with Crippen molar-refractivity contribution >= 4 is 5.91 Å². The first-order chi connectivity index (χ1) is 8.83. The van der Waals surface area contributed by atoms with Gasteiger partial charge < -0.3 is 9.64 Å². The van der Waals surface area contributed by atoms with Crippen molar-refractivity contribution in [3.05, 3.63) is 24.3 Å². The largest absolute Gasteiger partial charge is 0.376 e. The van der Waals surface area contributed by atoms with E-state index in [2.05, 4.69) is 9.97 Å². The van der Waals surface area contributed by atoms with Gasteiger partial charge in [-0.1, -0.05) is 0 Å². The van der Waals surface area contributed by atoms with Crippen molar-refractivity contribution in [2.75, 3.05) is 19.7 Å². The molecule has 0 unspecified atom stereocenters. The molecule has 2 heterocycles. The van der Waals surface area contributed by atoms with Crippen molar-refractivity contribution < 1.29 is 9.53 Å². The Morgan fingerprint density at radius 1 is 1.39 bits per heavy atom. The molecule has 1 saturated heterocycles. The Bertz CT molecular complexity index is 420. The number of nitrogens with zero attached hydrogens (tertiary/aromatic N) is 3. The number of hydrogen-bond donors (Lipinski definition) is 0. The fourth-order valence-electron chi connectivity index (χ4n) is 2.18. The normalized spacial score (nSPS) is 23.3. The van der Waals surface area contributed by atoms with Gasteiger partial charge in [0.15, 0.2) is 0 Å². The molecule has 5 nitrogen and oxygen atoms in total. The van der Waals surface area contributed by atoms with E-state index in [0.717, 1.165) is 25.5 Å². The summed E-state index contributed by atoms with van der Waals surface area (Å²) in [5.41, 5.74) is 0.417. The lowest BCUT2D eigenvalue weighted by Crippen LogP contribution is -2.31. The molecule has 1 aromatic heterocycles. The van der Waals surface area contributed by atoms with E-state index in [0.29, 0.717) is 12.2 Å². The van der Waals surface area contributed by atoms with E-state index in [1.165, 1.54) is 19.0 Å². The zero-order valence-corrected chi connectivity index (χ0v) is 10.3. The number of ether oxygens (including phenoxy) is 1. The van der Waals surface area contributed by atoms with Crippen molar-refractivity contribution in [2.24, 2.45) is 5.92 Å². The Morgan fingerprint density at radius 2 is 2.28 bits per heavy atom. The van der Waals surface area contributed by atoms with E-state index in [1.54, 1.807) is 12.4 Å². The van der Waals surface area contributed by atoms with Gasteiger partial charge in [0.1, 0.15) is 5.69 Å². The zero-order valence-electron chi connectivity index (χ0n) is 10.3. The number of hydrogen-bond acceptors (Lipinski definition) is 4. The van der Waals surface area contributed by atoms with E-state index in [-0.39, 0.29) is 12.0 Å². The second kappa shape index (κ2) is 5.02. The minimum absolute atomic E-state index is 0.0411. The van der Waals surface area contributed by atoms with Gasteiger partial charge in [-0.25, -0.2) is 4.98 Å². The van der Waals surface area contributed by atoms with E-state index in [1.807, 2.05) is 4.90 Å². The summed E-state index contributed by atoms with van der Waals surface area (Å²) in [7, 11) is 0. The number of amides is 1. The third-order valence-electron chi connectivity index (χ3n) is 3.48. The van der Waals surface area contributed by atoms with Crippen molar-refractivity contribution in [1.82, 2.24) is 14.9 Å². The van der Waals surface area contributed by atoms with Gasteiger partial charge in [-0.3, -0.25) is 9.78 Å². The van der Waals surface area contributed by atoms with Crippen LogP contribution in [-0.4, -0.2) is 46.6 Å². The quantitative estimate of drug-likeness (QED) is 0.800. The van der Waals surface area contributed by atoms with Gasteiger partial charge in [0.2, 0.25) is 0 Å². The minimum atomic E-state index is -0.0411. The monoisotopic (exact) mass is 247 g/mol. The van der Waals surface area contributed by atoms with Crippen LogP contribution >= 0.6 is 0 Å². The first kappa shape index (κ1) is 11.6. The van der Waals surface area contributed by atoms with Gasteiger partial charge in [0.25, 0.3) is 5.91 Å². The van der Waals surface area contributed by atoms with Crippen LogP contribution in [0.4, 0.5) is 0 Å². The molecule has 2 fully saturated rings. The second-order valence-corrected chi connectivity index (χ2v) is 5.03. The number of rotatable bonds is 4. The predicted octanol–water partition coefficient (Wildman–Crippen LogP) is 1.12. The lowest BCUT2D eigenvalue weighted by Gasteiger charge is -2.16. The van der Waals surface area contributed by atoms with Crippen LogP contribution in [0.1, 0.15) is 29.8 Å². The molecule has 1 aliphatic heterocycles. The highest BCUT2D eigenvalue weighted by Crippen LogP contribution is 2.30. The zero-order chi connectivity index (χ0) is 12.4. The summed E-state index contributed by atoms with van der Waals surface area (Å²) in [5.74, 6) is 0.732. The molecule has 0 radical (unpaired) electrons. The van der Waals surface area contributed by atoms with Crippen LogP contribution in [0.5, 0.6) is 0 Å². The third kappa shape index (κ3) is 2.67. The molecule has 0 N–H and O–H groups in total. The van der Waals surface area contributed by atoms with Crippen LogP contribution < -0.4 is 0 Å². The molecule has 5 heteroatoms. The molecule has 0 aromatic carbocycles. The Labute approximate surface area is 106 Å². The fraction of sp³-hybridized carbons (Fsp3) is 0.615. The van der Waals surface area contributed by atoms with Crippen molar-refractivity contribution in [3.8, 4) is 0 Å². The summed E-state index contributed by atoms with van der Waals surface area (Å²) in [6.07, 6.45) is 8.36. The van der Waals surface area contributed by atoms with E-state index < -0.39 is 0 Å². The standard InChI is InChI=1S/C13H17N3O2/c17-13(12-7-14-4-5-15-12)16-6-3-11(8-16)18-9-10-1-2-10/h4-5,7,10-11H,1-3,6,8-9H2/t11-/m0/s1. The van der Waals surface area contributed by atoms with E-state index >= 15 is 0 Å². The number of carbonyl (C=O) groups is 1. The smallest absolute Gasteiger partial charge is 0.274 e. The predicted molar refractivity (Wildman–Crippen MR) is 65.0 cm³/mol. The number of carbonyl (C=O) groups excluding carboxylic acids is 1. The van der Waals surface area contributed by atoms with Gasteiger partial charge in [-0.15, -0.1) is 0 Å². The van der Waals surface area contributed by atoms with Crippen LogP contribution in [0.3, 0.4) is 0 Å². The molecule has 1 aromatic rings. The lowest BCUT2D eigenvalue weighted by atomic mass is 10.3. The maximum absolute atomic E-state index is 12.1. The molecule has 96 valence electrons. The van der Waals surface area contributed by atoms with Gasteiger partial charge in [0.05, 0.1) is 12.3 Å². The molecular weight excluding hydrogens is 230 g/mol. The molecule has 3 rings (SSSR count). The Hall–Kier alpha value is -1.49. The lowest BCUT2D eigenvalue weighted by molar-refractivity contribution is 0.0479. The van der Waals surface area contributed by atoms with Crippen LogP contribution in [0.2, 0.25) is 0 Å². The molecular formula is C13H17N3O2.